The van der Waals surface area contributed by atoms with Crippen molar-refractivity contribution in [3.63, 3.8) is 0 Å². The van der Waals surface area contributed by atoms with Crippen LogP contribution in [0, 0.1) is 5.82 Å². The van der Waals surface area contributed by atoms with Crippen LogP contribution in [0.2, 0.25) is 0 Å². The van der Waals surface area contributed by atoms with Crippen molar-refractivity contribution in [3.8, 4) is 11.1 Å². The first-order chi connectivity index (χ1) is 6.27. The SMILES string of the molecule is Fc1ccc(-c2cn[nH]c2)cc1Br. The third kappa shape index (κ3) is 1.62. The number of H-pyrrole nitrogens is 1. The Labute approximate surface area is 82.9 Å². The molecule has 0 amide bonds. The lowest BCUT2D eigenvalue weighted by Crippen LogP contribution is -1.78. The topological polar surface area (TPSA) is 28.7 Å². The highest BCUT2D eigenvalue weighted by Crippen LogP contribution is 2.23. The molecule has 2 aromatic rings. The average Bonchev–Trinajstić information content (AvgIpc) is 2.62. The van der Waals surface area contributed by atoms with Gasteiger partial charge in [0.15, 0.2) is 0 Å². The van der Waals surface area contributed by atoms with E-state index in [4.69, 9.17) is 0 Å². The molecule has 0 radical (unpaired) electrons. The first kappa shape index (κ1) is 8.44. The fraction of sp³-hybridized carbons (Fsp3) is 0. The Morgan fingerprint density at radius 1 is 1.31 bits per heavy atom. The minimum atomic E-state index is -0.257. The first-order valence-corrected chi connectivity index (χ1v) is 4.51. The smallest absolute Gasteiger partial charge is 0.137 e. The molecule has 4 heteroatoms. The molecule has 2 rings (SSSR count). The summed E-state index contributed by atoms with van der Waals surface area (Å²) in [4.78, 5) is 0. The van der Waals surface area contributed by atoms with E-state index in [1.54, 1.807) is 24.5 Å². The van der Waals surface area contributed by atoms with Gasteiger partial charge in [-0.15, -0.1) is 0 Å². The Balaban J connectivity index is 2.49. The lowest BCUT2D eigenvalue weighted by molar-refractivity contribution is 0.621. The number of nitrogens with zero attached hydrogens (tertiary/aromatic N) is 1. The van der Waals surface area contributed by atoms with Gasteiger partial charge in [-0.05, 0) is 33.6 Å². The summed E-state index contributed by atoms with van der Waals surface area (Å²) in [6.07, 6.45) is 3.46. The summed E-state index contributed by atoms with van der Waals surface area (Å²) in [5.74, 6) is -0.257. The van der Waals surface area contributed by atoms with Crippen LogP contribution in [0.3, 0.4) is 0 Å². The predicted octanol–water partition coefficient (Wildman–Crippen LogP) is 2.98. The van der Waals surface area contributed by atoms with Gasteiger partial charge in [-0.2, -0.15) is 5.10 Å². The third-order valence-electron chi connectivity index (χ3n) is 1.75. The minimum Gasteiger partial charge on any atom is -0.285 e. The van der Waals surface area contributed by atoms with Gasteiger partial charge in [-0.1, -0.05) is 6.07 Å². The maximum atomic E-state index is 12.9. The summed E-state index contributed by atoms with van der Waals surface area (Å²) in [6, 6.07) is 4.86. The van der Waals surface area contributed by atoms with Crippen molar-refractivity contribution < 1.29 is 4.39 Å². The van der Waals surface area contributed by atoms with Gasteiger partial charge in [-0.3, -0.25) is 5.10 Å². The van der Waals surface area contributed by atoms with Crippen LogP contribution in [0.1, 0.15) is 0 Å². The predicted molar refractivity (Wildman–Crippen MR) is 51.7 cm³/mol. The highest BCUT2D eigenvalue weighted by molar-refractivity contribution is 9.10. The van der Waals surface area contributed by atoms with Crippen LogP contribution in [0.25, 0.3) is 11.1 Å². The Bertz CT molecular complexity index is 412. The molecule has 13 heavy (non-hydrogen) atoms. The maximum absolute atomic E-state index is 12.9. The van der Waals surface area contributed by atoms with Gasteiger partial charge in [0.2, 0.25) is 0 Å². The molecule has 0 atom stereocenters. The van der Waals surface area contributed by atoms with Crippen molar-refractivity contribution in [2.24, 2.45) is 0 Å². The number of halogens is 2. The lowest BCUT2D eigenvalue weighted by Gasteiger charge is -1.98. The number of nitrogens with one attached hydrogen (secondary N) is 1. The fourth-order valence-electron chi connectivity index (χ4n) is 1.08. The molecular formula is C9H6BrFN2. The van der Waals surface area contributed by atoms with Crippen LogP contribution in [0.15, 0.2) is 35.1 Å². The van der Waals surface area contributed by atoms with Crippen molar-refractivity contribution in [1.82, 2.24) is 10.2 Å². The van der Waals surface area contributed by atoms with Gasteiger partial charge >= 0.3 is 0 Å². The van der Waals surface area contributed by atoms with Crippen molar-refractivity contribution >= 4 is 15.9 Å². The third-order valence-corrected chi connectivity index (χ3v) is 2.36. The van der Waals surface area contributed by atoms with E-state index < -0.39 is 0 Å². The molecular weight excluding hydrogens is 235 g/mol. The van der Waals surface area contributed by atoms with Gasteiger partial charge in [0, 0.05) is 11.8 Å². The van der Waals surface area contributed by atoms with E-state index in [0.29, 0.717) is 4.47 Å². The van der Waals surface area contributed by atoms with Gasteiger partial charge in [0.25, 0.3) is 0 Å². The molecule has 1 aromatic heterocycles. The van der Waals surface area contributed by atoms with Crippen LogP contribution < -0.4 is 0 Å². The molecule has 0 saturated heterocycles. The second-order valence-corrected chi connectivity index (χ2v) is 3.47. The minimum absolute atomic E-state index is 0.257. The zero-order chi connectivity index (χ0) is 9.26. The summed E-state index contributed by atoms with van der Waals surface area (Å²) >= 11 is 3.13. The number of aromatic amines is 1. The van der Waals surface area contributed by atoms with Crippen molar-refractivity contribution in [1.29, 1.82) is 0 Å². The van der Waals surface area contributed by atoms with Crippen LogP contribution in [0.5, 0.6) is 0 Å². The molecule has 0 aliphatic rings. The Kier molecular flexibility index (Phi) is 2.14. The van der Waals surface area contributed by atoms with Crippen LogP contribution in [-0.4, -0.2) is 10.2 Å². The van der Waals surface area contributed by atoms with Gasteiger partial charge in [-0.25, -0.2) is 4.39 Å². The maximum Gasteiger partial charge on any atom is 0.137 e. The van der Waals surface area contributed by atoms with E-state index in [2.05, 4.69) is 26.1 Å². The second kappa shape index (κ2) is 3.30. The molecule has 1 aromatic carbocycles. The molecule has 66 valence electrons. The van der Waals surface area contributed by atoms with E-state index in [9.17, 15) is 4.39 Å². The van der Waals surface area contributed by atoms with Crippen LogP contribution in [0.4, 0.5) is 4.39 Å². The molecule has 1 heterocycles. The lowest BCUT2D eigenvalue weighted by atomic mass is 10.1. The van der Waals surface area contributed by atoms with E-state index in [1.807, 2.05) is 0 Å². The summed E-state index contributed by atoms with van der Waals surface area (Å²) in [5, 5.41) is 6.52. The summed E-state index contributed by atoms with van der Waals surface area (Å²) in [7, 11) is 0. The number of aromatic nitrogens is 2. The second-order valence-electron chi connectivity index (χ2n) is 2.62. The number of benzene rings is 1. The highest BCUT2D eigenvalue weighted by Gasteiger charge is 2.02. The van der Waals surface area contributed by atoms with Gasteiger partial charge in [0.1, 0.15) is 5.82 Å². The molecule has 0 bridgehead atoms. The number of rotatable bonds is 1. The molecule has 0 aliphatic carbocycles. The standard InChI is InChI=1S/C9H6BrFN2/c10-8-3-6(1-2-9(8)11)7-4-12-13-5-7/h1-5H,(H,12,13). The fourth-order valence-corrected chi connectivity index (χ4v) is 1.46. The molecule has 0 saturated carbocycles. The molecule has 0 aliphatic heterocycles. The number of hydrogen-bond donors (Lipinski definition) is 1. The monoisotopic (exact) mass is 240 g/mol. The van der Waals surface area contributed by atoms with E-state index in [0.717, 1.165) is 11.1 Å². The summed E-state index contributed by atoms with van der Waals surface area (Å²) < 4.78 is 13.3. The summed E-state index contributed by atoms with van der Waals surface area (Å²) in [5.41, 5.74) is 1.88. The Morgan fingerprint density at radius 3 is 2.77 bits per heavy atom. The van der Waals surface area contributed by atoms with Crippen molar-refractivity contribution in [2.45, 2.75) is 0 Å². The Hall–Kier alpha value is -1.16. The average molecular weight is 241 g/mol. The highest BCUT2D eigenvalue weighted by atomic mass is 79.9. The van der Waals surface area contributed by atoms with Crippen molar-refractivity contribution in [2.75, 3.05) is 0 Å². The molecule has 2 nitrogen and oxygen atoms in total. The largest absolute Gasteiger partial charge is 0.285 e. The van der Waals surface area contributed by atoms with Crippen molar-refractivity contribution in [3.05, 3.63) is 40.9 Å². The van der Waals surface area contributed by atoms with Gasteiger partial charge < -0.3 is 0 Å². The molecule has 0 spiro atoms. The van der Waals surface area contributed by atoms with E-state index >= 15 is 0 Å². The summed E-state index contributed by atoms with van der Waals surface area (Å²) in [6.45, 7) is 0. The zero-order valence-electron chi connectivity index (χ0n) is 6.59. The zero-order valence-corrected chi connectivity index (χ0v) is 8.18. The number of hydrogen-bond acceptors (Lipinski definition) is 1. The van der Waals surface area contributed by atoms with Crippen LogP contribution in [-0.2, 0) is 0 Å². The molecule has 0 fully saturated rings. The van der Waals surface area contributed by atoms with Gasteiger partial charge in [0.05, 0.1) is 10.7 Å². The first-order valence-electron chi connectivity index (χ1n) is 3.71. The Morgan fingerprint density at radius 2 is 2.15 bits per heavy atom. The van der Waals surface area contributed by atoms with E-state index in [1.165, 1.54) is 6.07 Å². The van der Waals surface area contributed by atoms with E-state index in [-0.39, 0.29) is 5.82 Å². The molecule has 0 unspecified atom stereocenters. The molecule has 1 N–H and O–H groups in total. The van der Waals surface area contributed by atoms with Crippen LogP contribution >= 0.6 is 15.9 Å². The normalized spacial score (nSPS) is 10.3. The quantitative estimate of drug-likeness (QED) is 0.816.